The molecule has 0 radical (unpaired) electrons. The van der Waals surface area contributed by atoms with E-state index in [0.29, 0.717) is 5.88 Å². The Morgan fingerprint density at radius 2 is 2.38 bits per heavy atom. The van der Waals surface area contributed by atoms with Crippen molar-refractivity contribution in [1.82, 2.24) is 15.5 Å². The smallest absolute Gasteiger partial charge is 0.233 e. The van der Waals surface area contributed by atoms with Gasteiger partial charge in [-0.15, -0.1) is 5.10 Å². The first kappa shape index (κ1) is 8.44. The minimum atomic E-state index is 0.261. The van der Waals surface area contributed by atoms with E-state index in [1.807, 2.05) is 19.1 Å². The summed E-state index contributed by atoms with van der Waals surface area (Å²) in [5.41, 5.74) is 0.914. The van der Waals surface area contributed by atoms with E-state index in [4.69, 9.17) is 4.74 Å². The molecular formula is C9H13N3O. The molecule has 2 heterocycles. The maximum Gasteiger partial charge on any atom is 0.233 e. The fourth-order valence-corrected chi connectivity index (χ4v) is 1.35. The van der Waals surface area contributed by atoms with Gasteiger partial charge in [0.25, 0.3) is 0 Å². The lowest BCUT2D eigenvalue weighted by atomic mass is 10.3. The summed E-state index contributed by atoms with van der Waals surface area (Å²) in [7, 11) is 0. The third kappa shape index (κ3) is 2.15. The van der Waals surface area contributed by atoms with E-state index < -0.39 is 0 Å². The van der Waals surface area contributed by atoms with Crippen molar-refractivity contribution in [1.29, 1.82) is 0 Å². The van der Waals surface area contributed by atoms with Crippen LogP contribution in [-0.4, -0.2) is 29.4 Å². The highest BCUT2D eigenvalue weighted by Crippen LogP contribution is 2.10. The van der Waals surface area contributed by atoms with Crippen LogP contribution in [0.3, 0.4) is 0 Å². The SMILES string of the molecule is Cc1ccc(OC2CCNC2)nn1. The Morgan fingerprint density at radius 3 is 3.00 bits per heavy atom. The summed E-state index contributed by atoms with van der Waals surface area (Å²) >= 11 is 0. The Balaban J connectivity index is 1.97. The van der Waals surface area contributed by atoms with Crippen molar-refractivity contribution in [3.8, 4) is 5.88 Å². The zero-order valence-electron chi connectivity index (χ0n) is 7.66. The minimum absolute atomic E-state index is 0.261. The molecule has 0 bridgehead atoms. The number of nitrogens with zero attached hydrogens (tertiary/aromatic N) is 2. The fourth-order valence-electron chi connectivity index (χ4n) is 1.35. The molecule has 1 fully saturated rings. The maximum atomic E-state index is 5.59. The lowest BCUT2D eigenvalue weighted by Crippen LogP contribution is -2.20. The van der Waals surface area contributed by atoms with Crippen LogP contribution in [0, 0.1) is 6.92 Å². The molecule has 0 spiro atoms. The predicted molar refractivity (Wildman–Crippen MR) is 48.7 cm³/mol. The molecule has 1 aliphatic rings. The summed E-state index contributed by atoms with van der Waals surface area (Å²) in [6, 6.07) is 3.77. The Kier molecular flexibility index (Phi) is 2.40. The molecule has 2 rings (SSSR count). The molecular weight excluding hydrogens is 166 g/mol. The van der Waals surface area contributed by atoms with Gasteiger partial charge in [0, 0.05) is 12.6 Å². The zero-order chi connectivity index (χ0) is 9.10. The van der Waals surface area contributed by atoms with E-state index in [1.165, 1.54) is 0 Å². The van der Waals surface area contributed by atoms with E-state index in [0.717, 1.165) is 25.2 Å². The topological polar surface area (TPSA) is 47.0 Å². The second-order valence-corrected chi connectivity index (χ2v) is 3.25. The first-order valence-corrected chi connectivity index (χ1v) is 4.52. The number of hydrogen-bond donors (Lipinski definition) is 1. The Labute approximate surface area is 77.3 Å². The van der Waals surface area contributed by atoms with Gasteiger partial charge in [-0.2, -0.15) is 5.10 Å². The molecule has 0 aliphatic carbocycles. The van der Waals surface area contributed by atoms with Gasteiger partial charge in [-0.05, 0) is 26.0 Å². The minimum Gasteiger partial charge on any atom is -0.472 e. The molecule has 1 aromatic heterocycles. The van der Waals surface area contributed by atoms with Crippen LogP contribution in [0.2, 0.25) is 0 Å². The number of aromatic nitrogens is 2. The lowest BCUT2D eigenvalue weighted by Gasteiger charge is -2.10. The van der Waals surface area contributed by atoms with E-state index in [-0.39, 0.29) is 6.10 Å². The van der Waals surface area contributed by atoms with Gasteiger partial charge in [0.05, 0.1) is 5.69 Å². The number of rotatable bonds is 2. The van der Waals surface area contributed by atoms with Crippen LogP contribution in [0.15, 0.2) is 12.1 Å². The number of aryl methyl sites for hydroxylation is 1. The Morgan fingerprint density at radius 1 is 1.46 bits per heavy atom. The van der Waals surface area contributed by atoms with Crippen LogP contribution in [0.25, 0.3) is 0 Å². The number of nitrogens with one attached hydrogen (secondary N) is 1. The van der Waals surface area contributed by atoms with Gasteiger partial charge in [0.1, 0.15) is 6.10 Å². The summed E-state index contributed by atoms with van der Waals surface area (Å²) in [4.78, 5) is 0. The van der Waals surface area contributed by atoms with Gasteiger partial charge in [0.15, 0.2) is 0 Å². The second kappa shape index (κ2) is 3.70. The highest BCUT2D eigenvalue weighted by Gasteiger charge is 2.16. The third-order valence-electron chi connectivity index (χ3n) is 2.08. The summed E-state index contributed by atoms with van der Waals surface area (Å²) in [5.74, 6) is 0.624. The highest BCUT2D eigenvalue weighted by molar-refractivity contribution is 5.10. The van der Waals surface area contributed by atoms with Crippen LogP contribution in [0.4, 0.5) is 0 Å². The number of hydrogen-bond acceptors (Lipinski definition) is 4. The first-order chi connectivity index (χ1) is 6.34. The third-order valence-corrected chi connectivity index (χ3v) is 2.08. The van der Waals surface area contributed by atoms with Crippen molar-refractivity contribution in [3.63, 3.8) is 0 Å². The molecule has 70 valence electrons. The molecule has 4 heteroatoms. The molecule has 1 aromatic rings. The standard InChI is InChI=1S/C9H13N3O/c1-7-2-3-9(12-11-7)13-8-4-5-10-6-8/h2-3,8,10H,4-6H2,1H3. The zero-order valence-corrected chi connectivity index (χ0v) is 7.66. The largest absolute Gasteiger partial charge is 0.472 e. The van der Waals surface area contributed by atoms with E-state index in [9.17, 15) is 0 Å². The van der Waals surface area contributed by atoms with Crippen molar-refractivity contribution in [2.24, 2.45) is 0 Å². The Hall–Kier alpha value is -1.16. The maximum absolute atomic E-state index is 5.59. The van der Waals surface area contributed by atoms with Crippen LogP contribution >= 0.6 is 0 Å². The average molecular weight is 179 g/mol. The van der Waals surface area contributed by atoms with Crippen molar-refractivity contribution in [2.45, 2.75) is 19.4 Å². The lowest BCUT2D eigenvalue weighted by molar-refractivity contribution is 0.211. The van der Waals surface area contributed by atoms with Gasteiger partial charge >= 0.3 is 0 Å². The second-order valence-electron chi connectivity index (χ2n) is 3.25. The normalized spacial score (nSPS) is 21.8. The van der Waals surface area contributed by atoms with Gasteiger partial charge in [-0.3, -0.25) is 0 Å². The van der Waals surface area contributed by atoms with Gasteiger partial charge < -0.3 is 10.1 Å². The first-order valence-electron chi connectivity index (χ1n) is 4.52. The summed E-state index contributed by atoms with van der Waals surface area (Å²) < 4.78 is 5.59. The molecule has 1 aliphatic heterocycles. The summed E-state index contributed by atoms with van der Waals surface area (Å²) in [5, 5.41) is 11.1. The van der Waals surface area contributed by atoms with Crippen LogP contribution in [-0.2, 0) is 0 Å². The Bertz CT molecular complexity index is 267. The van der Waals surface area contributed by atoms with Crippen molar-refractivity contribution in [2.75, 3.05) is 13.1 Å². The molecule has 0 amide bonds. The molecule has 13 heavy (non-hydrogen) atoms. The predicted octanol–water partition coefficient (Wildman–Crippen LogP) is 0.526. The van der Waals surface area contributed by atoms with Crippen molar-refractivity contribution in [3.05, 3.63) is 17.8 Å². The number of ether oxygens (including phenoxy) is 1. The molecule has 0 saturated carbocycles. The molecule has 1 unspecified atom stereocenters. The van der Waals surface area contributed by atoms with Gasteiger partial charge in [0.2, 0.25) is 5.88 Å². The van der Waals surface area contributed by atoms with Gasteiger partial charge in [-0.25, -0.2) is 0 Å². The molecule has 0 aromatic carbocycles. The van der Waals surface area contributed by atoms with E-state index in [2.05, 4.69) is 15.5 Å². The van der Waals surface area contributed by atoms with Crippen LogP contribution in [0.5, 0.6) is 5.88 Å². The van der Waals surface area contributed by atoms with Crippen molar-refractivity contribution < 1.29 is 4.74 Å². The van der Waals surface area contributed by atoms with Gasteiger partial charge in [-0.1, -0.05) is 0 Å². The molecule has 1 saturated heterocycles. The van der Waals surface area contributed by atoms with E-state index >= 15 is 0 Å². The van der Waals surface area contributed by atoms with Crippen LogP contribution < -0.4 is 10.1 Å². The molecule has 4 nitrogen and oxygen atoms in total. The van der Waals surface area contributed by atoms with Crippen LogP contribution in [0.1, 0.15) is 12.1 Å². The molecule has 1 atom stereocenters. The van der Waals surface area contributed by atoms with Crippen molar-refractivity contribution >= 4 is 0 Å². The fraction of sp³-hybridized carbons (Fsp3) is 0.556. The monoisotopic (exact) mass is 179 g/mol. The summed E-state index contributed by atoms with van der Waals surface area (Å²) in [6.45, 7) is 3.85. The summed E-state index contributed by atoms with van der Waals surface area (Å²) in [6.07, 6.45) is 1.31. The molecule has 1 N–H and O–H groups in total. The van der Waals surface area contributed by atoms with E-state index in [1.54, 1.807) is 0 Å². The quantitative estimate of drug-likeness (QED) is 0.719. The highest BCUT2D eigenvalue weighted by atomic mass is 16.5. The average Bonchev–Trinajstić information content (AvgIpc) is 2.62.